The topological polar surface area (TPSA) is 107 Å². The highest BCUT2D eigenvalue weighted by molar-refractivity contribution is 7.92. The molecule has 1 aromatic carbocycles. The summed E-state index contributed by atoms with van der Waals surface area (Å²) in [5, 5.41) is 7.62. The molecule has 2 aromatic rings. The second kappa shape index (κ2) is 4.78. The molecule has 0 spiro atoms. The van der Waals surface area contributed by atoms with Gasteiger partial charge < -0.3 is 9.52 Å². The molecule has 0 aliphatic heterocycles. The third-order valence-corrected chi connectivity index (χ3v) is 5.22. The van der Waals surface area contributed by atoms with Crippen molar-refractivity contribution in [2.75, 3.05) is 0 Å². The summed E-state index contributed by atoms with van der Waals surface area (Å²) in [4.78, 5) is 21.9. The SMILES string of the molecule is C[C@@H](CC(=O)O)S(=O)(=O)c1ccc2c(c1)oc(=O)n2C. The number of fused-ring (bicyclic) bond motifs is 1. The van der Waals surface area contributed by atoms with Crippen LogP contribution in [0.2, 0.25) is 0 Å². The fourth-order valence-electron chi connectivity index (χ4n) is 1.88. The molecule has 0 saturated carbocycles. The summed E-state index contributed by atoms with van der Waals surface area (Å²) >= 11 is 0. The van der Waals surface area contributed by atoms with Crippen molar-refractivity contribution in [1.29, 1.82) is 0 Å². The smallest absolute Gasteiger partial charge is 0.419 e. The van der Waals surface area contributed by atoms with Gasteiger partial charge in [0, 0.05) is 13.1 Å². The standard InChI is InChI=1S/C12H13NO6S/c1-7(5-11(14)15)20(17,18)8-3-4-9-10(6-8)19-12(16)13(9)2/h3-4,6-7H,5H2,1-2H3,(H,14,15)/t7-/m0/s1. The van der Waals surface area contributed by atoms with E-state index in [1.54, 1.807) is 0 Å². The number of nitrogens with zero attached hydrogens (tertiary/aromatic N) is 1. The Kier molecular flexibility index (Phi) is 3.43. The van der Waals surface area contributed by atoms with Crippen LogP contribution in [0.15, 0.2) is 32.3 Å². The van der Waals surface area contributed by atoms with Gasteiger partial charge in [-0.05, 0) is 19.1 Å². The third-order valence-electron chi connectivity index (χ3n) is 3.08. The van der Waals surface area contributed by atoms with Gasteiger partial charge in [0.25, 0.3) is 0 Å². The minimum Gasteiger partial charge on any atom is -0.481 e. The lowest BCUT2D eigenvalue weighted by Gasteiger charge is -2.10. The number of sulfone groups is 1. The quantitative estimate of drug-likeness (QED) is 0.893. The van der Waals surface area contributed by atoms with E-state index in [4.69, 9.17) is 9.52 Å². The first kappa shape index (κ1) is 14.3. The molecular weight excluding hydrogens is 286 g/mol. The molecule has 1 aromatic heterocycles. The highest BCUT2D eigenvalue weighted by Gasteiger charge is 2.26. The molecule has 108 valence electrons. The van der Waals surface area contributed by atoms with E-state index in [-0.39, 0.29) is 10.5 Å². The lowest BCUT2D eigenvalue weighted by molar-refractivity contribution is -0.136. The Morgan fingerprint density at radius 2 is 2.10 bits per heavy atom. The maximum absolute atomic E-state index is 12.2. The first-order valence-electron chi connectivity index (χ1n) is 5.78. The molecule has 7 nitrogen and oxygen atoms in total. The van der Waals surface area contributed by atoms with E-state index >= 15 is 0 Å². The minimum absolute atomic E-state index is 0.0619. The number of aromatic nitrogens is 1. The van der Waals surface area contributed by atoms with Crippen molar-refractivity contribution in [1.82, 2.24) is 4.57 Å². The summed E-state index contributed by atoms with van der Waals surface area (Å²) in [5.41, 5.74) is 0.626. The van der Waals surface area contributed by atoms with E-state index in [2.05, 4.69) is 0 Å². The summed E-state index contributed by atoms with van der Waals surface area (Å²) in [5.74, 6) is -1.78. The van der Waals surface area contributed by atoms with Crippen molar-refractivity contribution in [3.8, 4) is 0 Å². The van der Waals surface area contributed by atoms with Crippen molar-refractivity contribution in [3.05, 3.63) is 28.7 Å². The average molecular weight is 299 g/mol. The third kappa shape index (κ3) is 2.34. The van der Waals surface area contributed by atoms with Crippen molar-refractivity contribution in [3.63, 3.8) is 0 Å². The fraction of sp³-hybridized carbons (Fsp3) is 0.333. The van der Waals surface area contributed by atoms with Crippen LogP contribution >= 0.6 is 0 Å². The Morgan fingerprint density at radius 1 is 1.45 bits per heavy atom. The van der Waals surface area contributed by atoms with E-state index in [1.807, 2.05) is 0 Å². The molecule has 0 radical (unpaired) electrons. The second-order valence-corrected chi connectivity index (χ2v) is 6.88. The van der Waals surface area contributed by atoms with Crippen LogP contribution in [0.3, 0.4) is 0 Å². The van der Waals surface area contributed by atoms with Crippen LogP contribution in [0, 0.1) is 0 Å². The molecule has 1 N–H and O–H groups in total. The molecule has 0 amide bonds. The Morgan fingerprint density at radius 3 is 2.70 bits per heavy atom. The normalized spacial score (nSPS) is 13.5. The summed E-state index contributed by atoms with van der Waals surface area (Å²) in [6.45, 7) is 1.33. The van der Waals surface area contributed by atoms with Crippen LogP contribution in [0.1, 0.15) is 13.3 Å². The van der Waals surface area contributed by atoms with Gasteiger partial charge in [0.05, 0.1) is 22.1 Å². The number of carboxylic acid groups (broad SMARTS) is 1. The van der Waals surface area contributed by atoms with Gasteiger partial charge in [-0.25, -0.2) is 13.2 Å². The fourth-order valence-corrected chi connectivity index (χ4v) is 3.23. The van der Waals surface area contributed by atoms with Crippen LogP contribution in [0.4, 0.5) is 0 Å². The van der Waals surface area contributed by atoms with E-state index in [1.165, 1.54) is 36.7 Å². The number of rotatable bonds is 4. The molecule has 0 fully saturated rings. The largest absolute Gasteiger partial charge is 0.481 e. The maximum atomic E-state index is 12.2. The molecule has 0 aliphatic carbocycles. The van der Waals surface area contributed by atoms with Crippen molar-refractivity contribution < 1.29 is 22.7 Å². The number of carboxylic acids is 1. The van der Waals surface area contributed by atoms with E-state index in [9.17, 15) is 18.0 Å². The maximum Gasteiger partial charge on any atom is 0.419 e. The van der Waals surface area contributed by atoms with E-state index in [0.29, 0.717) is 5.52 Å². The zero-order chi connectivity index (χ0) is 15.1. The van der Waals surface area contributed by atoms with Gasteiger partial charge in [-0.1, -0.05) is 0 Å². The first-order chi connectivity index (χ1) is 9.23. The van der Waals surface area contributed by atoms with Gasteiger partial charge in [0.15, 0.2) is 15.4 Å². The average Bonchev–Trinajstić information content (AvgIpc) is 2.63. The second-order valence-electron chi connectivity index (χ2n) is 4.51. The predicted molar refractivity (Wildman–Crippen MR) is 70.4 cm³/mol. The van der Waals surface area contributed by atoms with Gasteiger partial charge in [0.1, 0.15) is 0 Å². The van der Waals surface area contributed by atoms with Crippen molar-refractivity contribution in [2.24, 2.45) is 7.05 Å². The lowest BCUT2D eigenvalue weighted by Crippen LogP contribution is -2.21. The number of carbonyl (C=O) groups is 1. The summed E-state index contributed by atoms with van der Waals surface area (Å²) in [7, 11) is -2.27. The Labute approximate surface area is 114 Å². The number of aliphatic carboxylic acids is 1. The molecular formula is C12H13NO6S. The zero-order valence-electron chi connectivity index (χ0n) is 10.9. The van der Waals surface area contributed by atoms with Crippen LogP contribution in [0.25, 0.3) is 11.1 Å². The van der Waals surface area contributed by atoms with Crippen LogP contribution in [0.5, 0.6) is 0 Å². The Hall–Kier alpha value is -2.09. The molecule has 1 atom stereocenters. The number of oxazole rings is 1. The van der Waals surface area contributed by atoms with Crippen LogP contribution in [-0.4, -0.2) is 29.3 Å². The van der Waals surface area contributed by atoms with E-state index < -0.39 is 33.2 Å². The van der Waals surface area contributed by atoms with Gasteiger partial charge >= 0.3 is 11.7 Å². The summed E-state index contributed by atoms with van der Waals surface area (Å²) in [6, 6.07) is 4.04. The van der Waals surface area contributed by atoms with Gasteiger partial charge in [-0.15, -0.1) is 0 Å². The van der Waals surface area contributed by atoms with Crippen molar-refractivity contribution in [2.45, 2.75) is 23.5 Å². The highest BCUT2D eigenvalue weighted by Crippen LogP contribution is 2.22. The monoisotopic (exact) mass is 299 g/mol. The minimum atomic E-state index is -3.78. The van der Waals surface area contributed by atoms with Crippen molar-refractivity contribution >= 4 is 26.9 Å². The molecule has 8 heteroatoms. The molecule has 1 heterocycles. The molecule has 2 rings (SSSR count). The number of aryl methyl sites for hydroxylation is 1. The summed E-state index contributed by atoms with van der Waals surface area (Å²) in [6.07, 6.45) is -0.487. The lowest BCUT2D eigenvalue weighted by atomic mass is 10.3. The predicted octanol–water partition coefficient (Wildman–Crippen LogP) is 0.768. The molecule has 0 aliphatic rings. The Balaban J connectivity index is 2.52. The number of hydrogen-bond acceptors (Lipinski definition) is 5. The van der Waals surface area contributed by atoms with Crippen LogP contribution in [-0.2, 0) is 21.7 Å². The first-order valence-corrected chi connectivity index (χ1v) is 7.33. The summed E-state index contributed by atoms with van der Waals surface area (Å²) < 4.78 is 30.6. The molecule has 20 heavy (non-hydrogen) atoms. The molecule has 0 bridgehead atoms. The zero-order valence-corrected chi connectivity index (χ0v) is 11.7. The molecule has 0 saturated heterocycles. The van der Waals surface area contributed by atoms with Gasteiger partial charge in [0.2, 0.25) is 0 Å². The van der Waals surface area contributed by atoms with Gasteiger partial charge in [-0.3, -0.25) is 9.36 Å². The van der Waals surface area contributed by atoms with Gasteiger partial charge in [-0.2, -0.15) is 0 Å². The Bertz CT molecular complexity index is 829. The molecule has 0 unspecified atom stereocenters. The van der Waals surface area contributed by atoms with Crippen LogP contribution < -0.4 is 5.76 Å². The number of hydrogen-bond donors (Lipinski definition) is 1. The van der Waals surface area contributed by atoms with E-state index in [0.717, 1.165) is 0 Å². The highest BCUT2D eigenvalue weighted by atomic mass is 32.2. The number of benzene rings is 1.